The van der Waals surface area contributed by atoms with E-state index in [2.05, 4.69) is 15.2 Å². The van der Waals surface area contributed by atoms with Crippen LogP contribution < -0.4 is 4.74 Å². The maximum atomic E-state index is 13.3. The first kappa shape index (κ1) is 22.1. The van der Waals surface area contributed by atoms with Crippen molar-refractivity contribution in [2.45, 2.75) is 26.9 Å². The van der Waals surface area contributed by atoms with E-state index in [0.29, 0.717) is 44.2 Å². The van der Waals surface area contributed by atoms with E-state index in [1.807, 2.05) is 55.3 Å². The molecule has 9 heteroatoms. The number of imidazole rings is 1. The van der Waals surface area contributed by atoms with Crippen LogP contribution in [0.5, 0.6) is 5.75 Å². The molecule has 1 amide bonds. The van der Waals surface area contributed by atoms with Gasteiger partial charge in [-0.1, -0.05) is 11.2 Å². The Hall–Kier alpha value is -3.72. The zero-order chi connectivity index (χ0) is 23.5. The van der Waals surface area contributed by atoms with E-state index in [9.17, 15) is 4.79 Å². The number of amides is 1. The molecule has 1 saturated heterocycles. The van der Waals surface area contributed by atoms with Gasteiger partial charge in [0.15, 0.2) is 5.65 Å². The number of aromatic nitrogens is 4. The fourth-order valence-corrected chi connectivity index (χ4v) is 4.21. The Balaban J connectivity index is 1.26. The highest BCUT2D eigenvalue weighted by Crippen LogP contribution is 2.21. The van der Waals surface area contributed by atoms with Gasteiger partial charge in [-0.2, -0.15) is 5.10 Å². The van der Waals surface area contributed by atoms with Crippen LogP contribution in [0.4, 0.5) is 0 Å². The van der Waals surface area contributed by atoms with E-state index in [1.54, 1.807) is 16.8 Å². The first-order valence-corrected chi connectivity index (χ1v) is 11.4. The Morgan fingerprint density at radius 1 is 1.24 bits per heavy atom. The summed E-state index contributed by atoms with van der Waals surface area (Å²) in [5, 5.41) is 8.58. The molecule has 1 unspecified atom stereocenters. The lowest BCUT2D eigenvalue weighted by molar-refractivity contribution is 0.0736. The highest BCUT2D eigenvalue weighted by atomic mass is 16.5. The van der Waals surface area contributed by atoms with E-state index in [-0.39, 0.29) is 11.8 Å². The Bertz CT molecular complexity index is 1280. The summed E-state index contributed by atoms with van der Waals surface area (Å²) in [5.74, 6) is 1.49. The molecule has 1 atom stereocenters. The van der Waals surface area contributed by atoms with Crippen LogP contribution in [0.25, 0.3) is 5.65 Å². The maximum Gasteiger partial charge on any atom is 0.254 e. The zero-order valence-corrected chi connectivity index (χ0v) is 19.3. The van der Waals surface area contributed by atoms with E-state index < -0.39 is 0 Å². The fraction of sp³-hybridized carbons (Fsp3) is 0.360. The Labute approximate surface area is 197 Å². The molecule has 0 N–H and O–H groups in total. The van der Waals surface area contributed by atoms with Crippen LogP contribution in [0, 0.1) is 19.8 Å². The number of carbonyl (C=O) groups is 1. The summed E-state index contributed by atoms with van der Waals surface area (Å²) in [7, 11) is 0. The van der Waals surface area contributed by atoms with Crippen molar-refractivity contribution in [3.05, 3.63) is 77.1 Å². The van der Waals surface area contributed by atoms with Crippen molar-refractivity contribution >= 4 is 11.6 Å². The van der Waals surface area contributed by atoms with E-state index in [1.165, 1.54) is 0 Å². The number of ether oxygens (including phenoxy) is 2. The number of rotatable bonds is 6. The minimum Gasteiger partial charge on any atom is -0.489 e. The molecule has 1 aliphatic rings. The highest BCUT2D eigenvalue weighted by Gasteiger charge is 2.24. The topological polar surface area (TPSA) is 95.0 Å². The monoisotopic (exact) mass is 461 g/mol. The molecule has 0 spiro atoms. The number of hydrogen-bond acceptors (Lipinski definition) is 7. The number of benzene rings is 1. The lowest BCUT2D eigenvalue weighted by Gasteiger charge is -2.24. The molecule has 9 nitrogen and oxygen atoms in total. The van der Waals surface area contributed by atoms with Gasteiger partial charge in [0.05, 0.1) is 30.2 Å². The molecule has 4 aromatic rings. The van der Waals surface area contributed by atoms with Crippen LogP contribution in [-0.2, 0) is 17.8 Å². The smallest absolute Gasteiger partial charge is 0.254 e. The lowest BCUT2D eigenvalue weighted by atomic mass is 10.0. The molecule has 0 bridgehead atoms. The molecule has 0 aliphatic carbocycles. The highest BCUT2D eigenvalue weighted by molar-refractivity contribution is 5.94. The molecular formula is C25H27N5O4. The molecule has 4 heterocycles. The van der Waals surface area contributed by atoms with E-state index in [4.69, 9.17) is 14.0 Å². The van der Waals surface area contributed by atoms with Crippen LogP contribution in [0.15, 0.2) is 53.3 Å². The van der Waals surface area contributed by atoms with Gasteiger partial charge in [0.1, 0.15) is 18.1 Å². The summed E-state index contributed by atoms with van der Waals surface area (Å²) in [6, 6.07) is 11.2. The molecular weight excluding hydrogens is 434 g/mol. The number of aryl methyl sites for hydroxylation is 2. The normalized spacial score (nSPS) is 16.5. The van der Waals surface area contributed by atoms with Crippen molar-refractivity contribution < 1.29 is 18.8 Å². The van der Waals surface area contributed by atoms with Crippen LogP contribution in [0.1, 0.15) is 33.1 Å². The second-order valence-electron chi connectivity index (χ2n) is 8.57. The van der Waals surface area contributed by atoms with Gasteiger partial charge in [-0.25, -0.2) is 9.50 Å². The predicted octanol–water partition coefficient (Wildman–Crippen LogP) is 3.24. The Morgan fingerprint density at radius 2 is 2.15 bits per heavy atom. The van der Waals surface area contributed by atoms with Crippen molar-refractivity contribution in [2.75, 3.05) is 26.3 Å². The van der Waals surface area contributed by atoms with Crippen molar-refractivity contribution in [3.8, 4) is 5.75 Å². The molecule has 1 aliphatic heterocycles. The summed E-state index contributed by atoms with van der Waals surface area (Å²) in [5.41, 5.74) is 4.08. The predicted molar refractivity (Wildman–Crippen MR) is 124 cm³/mol. The van der Waals surface area contributed by atoms with Crippen LogP contribution in [0.3, 0.4) is 0 Å². The molecule has 0 saturated carbocycles. The van der Waals surface area contributed by atoms with Gasteiger partial charge in [-0.15, -0.1) is 0 Å². The van der Waals surface area contributed by atoms with Gasteiger partial charge in [0, 0.05) is 37.0 Å². The first-order chi connectivity index (χ1) is 16.6. The van der Waals surface area contributed by atoms with Gasteiger partial charge in [-0.3, -0.25) is 4.79 Å². The van der Waals surface area contributed by atoms with Crippen molar-refractivity contribution in [3.63, 3.8) is 0 Å². The van der Waals surface area contributed by atoms with E-state index in [0.717, 1.165) is 34.8 Å². The maximum absolute atomic E-state index is 13.3. The quantitative estimate of drug-likeness (QED) is 0.435. The molecule has 1 fully saturated rings. The van der Waals surface area contributed by atoms with Gasteiger partial charge < -0.3 is 18.9 Å². The van der Waals surface area contributed by atoms with Gasteiger partial charge >= 0.3 is 0 Å². The second kappa shape index (κ2) is 9.64. The summed E-state index contributed by atoms with van der Waals surface area (Å²) < 4.78 is 18.7. The minimum atomic E-state index is -0.0312. The third kappa shape index (κ3) is 4.79. The lowest BCUT2D eigenvalue weighted by Crippen LogP contribution is -2.36. The Morgan fingerprint density at radius 3 is 3.00 bits per heavy atom. The third-order valence-corrected chi connectivity index (χ3v) is 6.08. The average Bonchev–Trinajstić information content (AvgIpc) is 3.36. The molecule has 176 valence electrons. The number of nitrogens with zero attached hydrogens (tertiary/aromatic N) is 5. The average molecular weight is 462 g/mol. The Kier molecular flexibility index (Phi) is 6.27. The molecule has 1 aromatic carbocycles. The second-order valence-corrected chi connectivity index (χ2v) is 8.57. The summed E-state index contributed by atoms with van der Waals surface area (Å²) >= 11 is 0. The molecule has 3 aromatic heterocycles. The van der Waals surface area contributed by atoms with Gasteiger partial charge in [0.25, 0.3) is 5.91 Å². The molecule has 0 radical (unpaired) electrons. The van der Waals surface area contributed by atoms with Crippen molar-refractivity contribution in [1.82, 2.24) is 24.7 Å². The summed E-state index contributed by atoms with van der Waals surface area (Å²) in [6.07, 6.45) is 4.28. The van der Waals surface area contributed by atoms with Crippen LogP contribution in [0.2, 0.25) is 0 Å². The number of carbonyl (C=O) groups excluding carboxylic acids is 1. The standard InChI is InChI=1S/C25H27N5O4/c1-17-23(18(2)34-28-17)16-33-22-5-3-4-20(13-22)25(31)29-10-11-32-15-19(14-29)12-21-6-7-24-26-8-9-30(24)27-21/h3-9,13,19H,10-12,14-16H2,1-2H3. The van der Waals surface area contributed by atoms with E-state index >= 15 is 0 Å². The summed E-state index contributed by atoms with van der Waals surface area (Å²) in [6.45, 7) is 6.34. The number of fused-ring (bicyclic) bond motifs is 1. The van der Waals surface area contributed by atoms with Crippen molar-refractivity contribution in [2.24, 2.45) is 5.92 Å². The van der Waals surface area contributed by atoms with Crippen molar-refractivity contribution in [1.29, 1.82) is 0 Å². The van der Waals surface area contributed by atoms with Crippen LogP contribution in [-0.4, -0.2) is 56.9 Å². The molecule has 34 heavy (non-hydrogen) atoms. The molecule has 5 rings (SSSR count). The minimum absolute atomic E-state index is 0.0312. The van der Waals surface area contributed by atoms with Gasteiger partial charge in [-0.05, 0) is 50.6 Å². The fourth-order valence-electron chi connectivity index (χ4n) is 4.21. The number of hydrogen-bond donors (Lipinski definition) is 0. The summed E-state index contributed by atoms with van der Waals surface area (Å²) in [4.78, 5) is 19.4. The SMILES string of the molecule is Cc1noc(C)c1COc1cccc(C(=O)N2CCOCC(Cc3ccc4nccn4n3)C2)c1. The van der Waals surface area contributed by atoms with Crippen LogP contribution >= 0.6 is 0 Å². The van der Waals surface area contributed by atoms with Gasteiger partial charge in [0.2, 0.25) is 0 Å². The largest absolute Gasteiger partial charge is 0.489 e. The first-order valence-electron chi connectivity index (χ1n) is 11.4. The third-order valence-electron chi connectivity index (χ3n) is 6.08. The zero-order valence-electron chi connectivity index (χ0n) is 19.3.